The van der Waals surface area contributed by atoms with Gasteiger partial charge in [0.05, 0.1) is 5.69 Å². The van der Waals surface area contributed by atoms with Gasteiger partial charge in [-0.05, 0) is 11.8 Å². The van der Waals surface area contributed by atoms with Crippen LogP contribution in [0, 0.1) is 0 Å². The fourth-order valence-corrected chi connectivity index (χ4v) is 2.75. The van der Waals surface area contributed by atoms with E-state index in [0.717, 1.165) is 0 Å². The molecule has 7 heteroatoms. The minimum Gasteiger partial charge on any atom is -0.378 e. The molecule has 0 aliphatic carbocycles. The summed E-state index contributed by atoms with van der Waals surface area (Å²) in [5.41, 5.74) is 6.42. The van der Waals surface area contributed by atoms with Gasteiger partial charge in [-0.3, -0.25) is 0 Å². The number of alkyl halides is 3. The van der Waals surface area contributed by atoms with Crippen molar-refractivity contribution in [1.82, 2.24) is 0 Å². The number of aliphatic imine (C=N–C) groups is 1. The molecule has 0 bridgehead atoms. The van der Waals surface area contributed by atoms with E-state index in [1.54, 1.807) is 36.6 Å². The van der Waals surface area contributed by atoms with Crippen LogP contribution in [0.25, 0.3) is 11.1 Å². The summed E-state index contributed by atoms with van der Waals surface area (Å²) in [6.07, 6.45) is -2.68. The zero-order valence-electron chi connectivity index (χ0n) is 10.4. The zero-order valence-corrected chi connectivity index (χ0v) is 12.1. The Kier molecular flexibility index (Phi) is 4.39. The lowest BCUT2D eigenvalue weighted by atomic mass is 10.1. The SMILES string of the molecule is CSC(N)=Nc1csc(C(F)(F)F)c1-c1ccccc1. The van der Waals surface area contributed by atoms with Gasteiger partial charge in [0.25, 0.3) is 0 Å². The number of halogens is 3. The van der Waals surface area contributed by atoms with E-state index in [9.17, 15) is 13.2 Å². The molecule has 0 atom stereocenters. The molecule has 0 unspecified atom stereocenters. The normalized spacial score (nSPS) is 12.7. The van der Waals surface area contributed by atoms with E-state index in [1.807, 2.05) is 0 Å². The highest BCUT2D eigenvalue weighted by molar-refractivity contribution is 8.13. The largest absolute Gasteiger partial charge is 0.426 e. The predicted octanol–water partition coefficient (Wildman–Crippen LogP) is 4.74. The van der Waals surface area contributed by atoms with Crippen molar-refractivity contribution in [2.75, 3.05) is 6.26 Å². The summed E-state index contributed by atoms with van der Waals surface area (Å²) in [5.74, 6) is 0. The van der Waals surface area contributed by atoms with Gasteiger partial charge in [-0.1, -0.05) is 42.1 Å². The molecular formula is C13H11F3N2S2. The third-order valence-electron chi connectivity index (χ3n) is 2.53. The number of thioether (sulfide) groups is 1. The summed E-state index contributed by atoms with van der Waals surface area (Å²) in [6, 6.07) is 8.40. The Morgan fingerprint density at radius 1 is 1.25 bits per heavy atom. The quantitative estimate of drug-likeness (QED) is 0.642. The number of nitrogens with two attached hydrogens (primary N) is 1. The number of nitrogens with zero attached hydrogens (tertiary/aromatic N) is 1. The summed E-state index contributed by atoms with van der Waals surface area (Å²) >= 11 is 1.82. The first-order valence-corrected chi connectivity index (χ1v) is 7.66. The molecule has 1 aromatic carbocycles. The van der Waals surface area contributed by atoms with Gasteiger partial charge >= 0.3 is 6.18 Å². The molecule has 2 rings (SSSR count). The molecule has 0 radical (unpaired) electrons. The lowest BCUT2D eigenvalue weighted by Gasteiger charge is -2.09. The van der Waals surface area contributed by atoms with E-state index in [0.29, 0.717) is 16.9 Å². The average Bonchev–Trinajstić information content (AvgIpc) is 2.83. The summed E-state index contributed by atoms with van der Waals surface area (Å²) in [6.45, 7) is 0. The summed E-state index contributed by atoms with van der Waals surface area (Å²) < 4.78 is 39.3. The summed E-state index contributed by atoms with van der Waals surface area (Å²) in [4.78, 5) is 3.40. The van der Waals surface area contributed by atoms with E-state index >= 15 is 0 Å². The Hall–Kier alpha value is -1.47. The Bertz CT molecular complexity index is 618. The van der Waals surface area contributed by atoms with Crippen molar-refractivity contribution >= 4 is 34.0 Å². The number of thiophene rings is 1. The number of hydrogen-bond acceptors (Lipinski definition) is 3. The average molecular weight is 316 g/mol. The van der Waals surface area contributed by atoms with Crippen molar-refractivity contribution in [3.05, 3.63) is 40.6 Å². The Labute approximate surface area is 122 Å². The summed E-state index contributed by atoms with van der Waals surface area (Å²) in [5, 5.41) is 1.61. The van der Waals surface area contributed by atoms with Gasteiger partial charge in [-0.2, -0.15) is 13.2 Å². The highest BCUT2D eigenvalue weighted by Crippen LogP contribution is 2.46. The first-order valence-electron chi connectivity index (χ1n) is 5.55. The van der Waals surface area contributed by atoms with Crippen LogP contribution >= 0.6 is 23.1 Å². The third-order valence-corrected chi connectivity index (χ3v) is 4.05. The van der Waals surface area contributed by atoms with Crippen LogP contribution in [0.15, 0.2) is 40.7 Å². The Morgan fingerprint density at radius 3 is 2.45 bits per heavy atom. The predicted molar refractivity (Wildman–Crippen MR) is 79.6 cm³/mol. The monoisotopic (exact) mass is 316 g/mol. The number of benzene rings is 1. The van der Waals surface area contributed by atoms with Crippen molar-refractivity contribution in [3.63, 3.8) is 0 Å². The van der Waals surface area contributed by atoms with Crippen molar-refractivity contribution in [3.8, 4) is 11.1 Å². The molecule has 0 saturated carbocycles. The lowest BCUT2D eigenvalue weighted by Crippen LogP contribution is -2.05. The molecule has 0 amide bonds. The molecule has 1 aromatic heterocycles. The van der Waals surface area contributed by atoms with Gasteiger partial charge in [0.1, 0.15) is 4.88 Å². The van der Waals surface area contributed by atoms with Crippen LogP contribution in [0.3, 0.4) is 0 Å². The number of hydrogen-bond donors (Lipinski definition) is 1. The maximum absolute atomic E-state index is 13.1. The maximum atomic E-state index is 13.1. The smallest absolute Gasteiger partial charge is 0.378 e. The fourth-order valence-electron chi connectivity index (χ4n) is 1.69. The van der Waals surface area contributed by atoms with Gasteiger partial charge in [0, 0.05) is 10.9 Å². The van der Waals surface area contributed by atoms with Gasteiger partial charge < -0.3 is 5.73 Å². The van der Waals surface area contributed by atoms with E-state index in [-0.39, 0.29) is 16.4 Å². The van der Waals surface area contributed by atoms with Crippen LogP contribution in [0.2, 0.25) is 0 Å². The molecular weight excluding hydrogens is 305 g/mol. The maximum Gasteiger partial charge on any atom is 0.426 e. The van der Waals surface area contributed by atoms with Gasteiger partial charge in [0.2, 0.25) is 0 Å². The van der Waals surface area contributed by atoms with Crippen LogP contribution in [0.5, 0.6) is 0 Å². The second-order valence-electron chi connectivity index (χ2n) is 3.84. The van der Waals surface area contributed by atoms with E-state index in [4.69, 9.17) is 5.73 Å². The molecule has 0 fully saturated rings. The minimum atomic E-state index is -4.41. The molecule has 2 aromatic rings. The third kappa shape index (κ3) is 3.16. The van der Waals surface area contributed by atoms with E-state index < -0.39 is 11.1 Å². The van der Waals surface area contributed by atoms with Crippen molar-refractivity contribution in [1.29, 1.82) is 0 Å². The van der Waals surface area contributed by atoms with E-state index in [1.165, 1.54) is 17.1 Å². The van der Waals surface area contributed by atoms with E-state index in [2.05, 4.69) is 4.99 Å². The molecule has 0 aliphatic heterocycles. The molecule has 106 valence electrons. The molecule has 0 saturated heterocycles. The lowest BCUT2D eigenvalue weighted by molar-refractivity contribution is -0.133. The highest BCUT2D eigenvalue weighted by atomic mass is 32.2. The van der Waals surface area contributed by atoms with Crippen LogP contribution < -0.4 is 5.73 Å². The molecule has 0 aliphatic rings. The van der Waals surface area contributed by atoms with Crippen LogP contribution in [-0.2, 0) is 6.18 Å². The van der Waals surface area contributed by atoms with Gasteiger partial charge in [-0.15, -0.1) is 11.3 Å². The molecule has 20 heavy (non-hydrogen) atoms. The first kappa shape index (κ1) is 14.9. The van der Waals surface area contributed by atoms with Crippen LogP contribution in [0.4, 0.5) is 18.9 Å². The fraction of sp³-hybridized carbons (Fsp3) is 0.154. The molecule has 0 spiro atoms. The second kappa shape index (κ2) is 5.88. The first-order chi connectivity index (χ1) is 9.43. The molecule has 2 nitrogen and oxygen atoms in total. The van der Waals surface area contributed by atoms with Gasteiger partial charge in [0.15, 0.2) is 5.17 Å². The Balaban J connectivity index is 2.64. The minimum absolute atomic E-state index is 0.0834. The highest BCUT2D eigenvalue weighted by Gasteiger charge is 2.37. The molecule has 2 N–H and O–H groups in total. The van der Waals surface area contributed by atoms with Gasteiger partial charge in [-0.25, -0.2) is 4.99 Å². The Morgan fingerprint density at radius 2 is 1.90 bits per heavy atom. The molecule has 1 heterocycles. The summed E-state index contributed by atoms with van der Waals surface area (Å²) in [7, 11) is 0. The number of rotatable bonds is 2. The van der Waals surface area contributed by atoms with Crippen molar-refractivity contribution < 1.29 is 13.2 Å². The second-order valence-corrected chi connectivity index (χ2v) is 5.55. The van der Waals surface area contributed by atoms with Crippen LogP contribution in [-0.4, -0.2) is 11.4 Å². The zero-order chi connectivity index (χ0) is 14.8. The van der Waals surface area contributed by atoms with Crippen molar-refractivity contribution in [2.24, 2.45) is 10.7 Å². The van der Waals surface area contributed by atoms with Crippen molar-refractivity contribution in [2.45, 2.75) is 6.18 Å². The number of amidine groups is 1. The standard InChI is InChI=1S/C13H11F3N2S2/c1-19-12(17)18-9-7-20-11(13(14,15)16)10(9)8-5-3-2-4-6-8/h2-7H,1H3,(H2,17,18). The van der Waals surface area contributed by atoms with Crippen LogP contribution in [0.1, 0.15) is 4.88 Å². The topological polar surface area (TPSA) is 38.4 Å².